The minimum atomic E-state index is -3.71. The van der Waals surface area contributed by atoms with Crippen molar-refractivity contribution in [2.24, 2.45) is 5.14 Å². The highest BCUT2D eigenvalue weighted by atomic mass is 32.2. The summed E-state index contributed by atoms with van der Waals surface area (Å²) in [6, 6.07) is 6.01. The van der Waals surface area contributed by atoms with Crippen molar-refractivity contribution >= 4 is 15.9 Å². The minimum Gasteiger partial charge on any atom is -0.339 e. The molecule has 124 valence electrons. The molecule has 0 aliphatic heterocycles. The number of nitrogens with zero attached hydrogens (tertiary/aromatic N) is 4. The topological polar surface area (TPSA) is 111 Å². The van der Waals surface area contributed by atoms with Crippen LogP contribution in [-0.2, 0) is 21.4 Å². The van der Waals surface area contributed by atoms with E-state index in [2.05, 4.69) is 10.1 Å². The van der Waals surface area contributed by atoms with Crippen molar-refractivity contribution in [3.05, 3.63) is 42.5 Å². The molecule has 1 atom stereocenters. The number of amides is 1. The Bertz CT molecular complexity index is 756. The van der Waals surface area contributed by atoms with Crippen LogP contribution in [0.1, 0.15) is 24.9 Å². The Morgan fingerprint density at radius 3 is 2.52 bits per heavy atom. The van der Waals surface area contributed by atoms with E-state index >= 15 is 0 Å². The molecular weight excluding hydrogens is 318 g/mol. The van der Waals surface area contributed by atoms with E-state index in [1.807, 2.05) is 6.92 Å². The lowest BCUT2D eigenvalue weighted by Gasteiger charge is -2.25. The van der Waals surface area contributed by atoms with E-state index in [0.29, 0.717) is 13.0 Å². The molecule has 9 heteroatoms. The van der Waals surface area contributed by atoms with Crippen LogP contribution in [0.15, 0.2) is 41.8 Å². The van der Waals surface area contributed by atoms with Crippen molar-refractivity contribution in [3.63, 3.8) is 0 Å². The second-order valence-corrected chi connectivity index (χ2v) is 6.76. The summed E-state index contributed by atoms with van der Waals surface area (Å²) in [4.78, 5) is 17.7. The van der Waals surface area contributed by atoms with E-state index in [0.717, 1.165) is 5.56 Å². The van der Waals surface area contributed by atoms with Crippen LogP contribution < -0.4 is 5.14 Å². The summed E-state index contributed by atoms with van der Waals surface area (Å²) in [6.07, 6.45) is 3.28. The van der Waals surface area contributed by atoms with Crippen LogP contribution in [0.3, 0.4) is 0 Å². The van der Waals surface area contributed by atoms with E-state index in [-0.39, 0.29) is 16.8 Å². The molecule has 2 rings (SSSR count). The number of nitrogens with two attached hydrogens (primary N) is 1. The standard InChI is InChI=1S/C14H19N5O3S/c1-11(12-3-5-13(6-4-12)23(15,21)22)18(2)14(20)7-8-19-10-16-9-17-19/h3-6,9-11H,7-8H2,1-2H3,(H2,15,21,22). The molecule has 0 saturated heterocycles. The van der Waals surface area contributed by atoms with Crippen molar-refractivity contribution in [2.45, 2.75) is 30.8 Å². The molecule has 1 amide bonds. The first kappa shape index (κ1) is 17.1. The predicted molar refractivity (Wildman–Crippen MR) is 83.6 cm³/mol. The van der Waals surface area contributed by atoms with Crippen molar-refractivity contribution in [2.75, 3.05) is 7.05 Å². The van der Waals surface area contributed by atoms with Gasteiger partial charge in [0.05, 0.1) is 17.5 Å². The zero-order valence-electron chi connectivity index (χ0n) is 13.0. The molecule has 1 aromatic carbocycles. The van der Waals surface area contributed by atoms with Gasteiger partial charge in [-0.1, -0.05) is 12.1 Å². The molecule has 1 aromatic heterocycles. The number of carbonyl (C=O) groups excluding carboxylic acids is 1. The van der Waals surface area contributed by atoms with Gasteiger partial charge in [-0.05, 0) is 24.6 Å². The van der Waals surface area contributed by atoms with Crippen molar-refractivity contribution in [1.82, 2.24) is 19.7 Å². The minimum absolute atomic E-state index is 0.0384. The fraction of sp³-hybridized carbons (Fsp3) is 0.357. The number of hydrogen-bond acceptors (Lipinski definition) is 5. The molecule has 1 heterocycles. The Morgan fingerprint density at radius 2 is 2.00 bits per heavy atom. The van der Waals surface area contributed by atoms with Gasteiger partial charge in [0.2, 0.25) is 15.9 Å². The monoisotopic (exact) mass is 337 g/mol. The largest absolute Gasteiger partial charge is 0.339 e. The van der Waals surface area contributed by atoms with Crippen LogP contribution in [0.2, 0.25) is 0 Å². The van der Waals surface area contributed by atoms with Gasteiger partial charge in [-0.25, -0.2) is 18.5 Å². The van der Waals surface area contributed by atoms with Gasteiger partial charge in [-0.2, -0.15) is 5.10 Å². The third-order valence-corrected chi connectivity index (χ3v) is 4.62. The first-order chi connectivity index (χ1) is 10.8. The van der Waals surface area contributed by atoms with Crippen LogP contribution in [-0.4, -0.2) is 41.0 Å². The summed E-state index contributed by atoms with van der Waals surface area (Å²) < 4.78 is 24.1. The van der Waals surface area contributed by atoms with Gasteiger partial charge >= 0.3 is 0 Å². The highest BCUT2D eigenvalue weighted by Crippen LogP contribution is 2.21. The normalized spacial score (nSPS) is 12.8. The number of rotatable bonds is 6. The van der Waals surface area contributed by atoms with E-state index < -0.39 is 10.0 Å². The SMILES string of the molecule is CC(c1ccc(S(N)(=O)=O)cc1)N(C)C(=O)CCn1cncn1. The molecule has 0 aliphatic rings. The second kappa shape index (κ2) is 6.88. The number of carbonyl (C=O) groups is 1. The van der Waals surface area contributed by atoms with E-state index in [1.54, 1.807) is 35.1 Å². The summed E-state index contributed by atoms with van der Waals surface area (Å²) >= 11 is 0. The Labute approximate surface area is 135 Å². The third-order valence-electron chi connectivity index (χ3n) is 3.69. The van der Waals surface area contributed by atoms with E-state index in [9.17, 15) is 13.2 Å². The molecular formula is C14H19N5O3S. The molecule has 23 heavy (non-hydrogen) atoms. The predicted octanol–water partition coefficient (Wildman–Crippen LogP) is 0.535. The van der Waals surface area contributed by atoms with Gasteiger partial charge < -0.3 is 4.90 Å². The number of aryl methyl sites for hydroxylation is 1. The van der Waals surface area contributed by atoms with Crippen molar-refractivity contribution < 1.29 is 13.2 Å². The fourth-order valence-corrected chi connectivity index (χ4v) is 2.63. The van der Waals surface area contributed by atoms with Gasteiger partial charge in [-0.3, -0.25) is 9.48 Å². The highest BCUT2D eigenvalue weighted by Gasteiger charge is 2.18. The summed E-state index contributed by atoms with van der Waals surface area (Å²) in [5.74, 6) is -0.0384. The van der Waals surface area contributed by atoms with Gasteiger partial charge in [0.25, 0.3) is 0 Å². The molecule has 0 radical (unpaired) electrons. The Morgan fingerprint density at radius 1 is 1.35 bits per heavy atom. The molecule has 0 spiro atoms. The first-order valence-corrected chi connectivity index (χ1v) is 8.54. The fourth-order valence-electron chi connectivity index (χ4n) is 2.11. The molecule has 0 fully saturated rings. The first-order valence-electron chi connectivity index (χ1n) is 7.00. The lowest BCUT2D eigenvalue weighted by Crippen LogP contribution is -2.30. The molecule has 0 aliphatic carbocycles. The molecule has 0 bridgehead atoms. The van der Waals surface area contributed by atoms with Gasteiger partial charge in [-0.15, -0.1) is 0 Å². The Hall–Kier alpha value is -2.26. The van der Waals surface area contributed by atoms with Crippen LogP contribution in [0, 0.1) is 0 Å². The summed E-state index contributed by atoms with van der Waals surface area (Å²) in [6.45, 7) is 2.33. The average Bonchev–Trinajstić information content (AvgIpc) is 3.04. The zero-order valence-corrected chi connectivity index (χ0v) is 13.8. The van der Waals surface area contributed by atoms with Crippen LogP contribution in [0.4, 0.5) is 0 Å². The van der Waals surface area contributed by atoms with Gasteiger partial charge in [0.1, 0.15) is 12.7 Å². The average molecular weight is 337 g/mol. The van der Waals surface area contributed by atoms with Gasteiger partial charge in [0, 0.05) is 13.5 Å². The summed E-state index contributed by atoms with van der Waals surface area (Å²) in [7, 11) is -2.00. The Balaban J connectivity index is 2.00. The number of primary sulfonamides is 1. The quantitative estimate of drug-likeness (QED) is 0.827. The van der Waals surface area contributed by atoms with E-state index in [4.69, 9.17) is 5.14 Å². The van der Waals surface area contributed by atoms with Crippen molar-refractivity contribution in [1.29, 1.82) is 0 Å². The van der Waals surface area contributed by atoms with E-state index in [1.165, 1.54) is 18.5 Å². The number of hydrogen-bond donors (Lipinski definition) is 1. The maximum absolute atomic E-state index is 12.2. The second-order valence-electron chi connectivity index (χ2n) is 5.20. The zero-order chi connectivity index (χ0) is 17.0. The van der Waals surface area contributed by atoms with Crippen LogP contribution in [0.5, 0.6) is 0 Å². The maximum atomic E-state index is 12.2. The van der Waals surface area contributed by atoms with Crippen molar-refractivity contribution in [3.8, 4) is 0 Å². The number of aromatic nitrogens is 3. The molecule has 1 unspecified atom stereocenters. The summed E-state index contributed by atoms with van der Waals surface area (Å²) in [5, 5.41) is 9.02. The smallest absolute Gasteiger partial charge is 0.238 e. The lowest BCUT2D eigenvalue weighted by atomic mass is 10.1. The highest BCUT2D eigenvalue weighted by molar-refractivity contribution is 7.89. The van der Waals surface area contributed by atoms with Gasteiger partial charge in [0.15, 0.2) is 0 Å². The number of sulfonamides is 1. The molecule has 2 N–H and O–H groups in total. The Kier molecular flexibility index (Phi) is 5.12. The third kappa shape index (κ3) is 4.36. The van der Waals surface area contributed by atoms with Crippen LogP contribution >= 0.6 is 0 Å². The summed E-state index contributed by atoms with van der Waals surface area (Å²) in [5.41, 5.74) is 0.828. The lowest BCUT2D eigenvalue weighted by molar-refractivity contribution is -0.132. The molecule has 8 nitrogen and oxygen atoms in total. The van der Waals surface area contributed by atoms with Crippen LogP contribution in [0.25, 0.3) is 0 Å². The maximum Gasteiger partial charge on any atom is 0.238 e. The molecule has 2 aromatic rings. The number of benzene rings is 1. The molecule has 0 saturated carbocycles.